The summed E-state index contributed by atoms with van der Waals surface area (Å²) in [6.07, 6.45) is -0.130. The first-order chi connectivity index (χ1) is 14.0. The van der Waals surface area contributed by atoms with Gasteiger partial charge in [0.1, 0.15) is 35.3 Å². The maximum absolute atomic E-state index is 10.8. The number of nitrogens with zero attached hydrogens (tertiary/aromatic N) is 4. The molecule has 1 saturated heterocycles. The minimum atomic E-state index is -1.62. The van der Waals surface area contributed by atoms with E-state index in [-0.39, 0.29) is 0 Å². The van der Waals surface area contributed by atoms with Crippen molar-refractivity contribution >= 4 is 21.9 Å². The smallest absolute Gasteiger partial charge is 0.168 e. The molecular weight excluding hydrogens is 372 g/mol. The van der Waals surface area contributed by atoms with Crippen molar-refractivity contribution < 1.29 is 20.1 Å². The summed E-state index contributed by atoms with van der Waals surface area (Å²) in [6.45, 7) is 1.06. The topological polar surface area (TPSA) is 114 Å². The third-order valence-electron chi connectivity index (χ3n) is 5.57. The number of aliphatic hydroxyl groups excluding tert-OH is 2. The van der Waals surface area contributed by atoms with E-state index in [1.165, 1.54) is 19.6 Å². The fourth-order valence-corrected chi connectivity index (χ4v) is 3.96. The van der Waals surface area contributed by atoms with Crippen molar-refractivity contribution in [2.24, 2.45) is 0 Å². The molecule has 0 saturated carbocycles. The van der Waals surface area contributed by atoms with Gasteiger partial charge in [-0.2, -0.15) is 0 Å². The van der Waals surface area contributed by atoms with Crippen molar-refractivity contribution in [3.63, 3.8) is 0 Å². The van der Waals surface area contributed by atoms with Crippen molar-refractivity contribution in [1.29, 1.82) is 0 Å². The Morgan fingerprint density at radius 1 is 1.10 bits per heavy atom. The molecule has 1 aliphatic heterocycles. The summed E-state index contributed by atoms with van der Waals surface area (Å²) >= 11 is 0. The van der Waals surface area contributed by atoms with Gasteiger partial charge in [0.05, 0.1) is 12.9 Å². The molecule has 0 aliphatic carbocycles. The average molecular weight is 392 g/mol. The lowest BCUT2D eigenvalue weighted by molar-refractivity contribution is -0.0950. The molecule has 29 heavy (non-hydrogen) atoms. The third kappa shape index (κ3) is 2.72. The molecule has 2 aromatic heterocycles. The fraction of sp³-hybridized carbons (Fsp3) is 0.286. The summed E-state index contributed by atoms with van der Waals surface area (Å²) in [5, 5.41) is 32.7. The molecule has 1 fully saturated rings. The molecule has 0 unspecified atom stereocenters. The molecule has 5 rings (SSSR count). The van der Waals surface area contributed by atoms with E-state index in [4.69, 9.17) is 4.74 Å². The number of ether oxygens (including phenoxy) is 1. The van der Waals surface area contributed by atoms with Crippen molar-refractivity contribution in [2.45, 2.75) is 31.0 Å². The highest BCUT2D eigenvalue weighted by Crippen LogP contribution is 2.40. The number of hydrogen-bond acceptors (Lipinski definition) is 7. The Kier molecular flexibility index (Phi) is 4.11. The maximum Gasteiger partial charge on any atom is 0.168 e. The van der Waals surface area contributed by atoms with Gasteiger partial charge in [-0.05, 0) is 23.8 Å². The zero-order valence-corrected chi connectivity index (χ0v) is 15.7. The lowest BCUT2D eigenvalue weighted by atomic mass is 9.96. The largest absolute Gasteiger partial charge is 0.394 e. The van der Waals surface area contributed by atoms with Crippen LogP contribution in [0.15, 0.2) is 55.1 Å². The van der Waals surface area contributed by atoms with Crippen LogP contribution in [-0.2, 0) is 4.74 Å². The summed E-state index contributed by atoms with van der Waals surface area (Å²) in [5.74, 6) is 0. The minimum Gasteiger partial charge on any atom is -0.394 e. The molecule has 1 aliphatic rings. The number of imidazole rings is 1. The third-order valence-corrected chi connectivity index (χ3v) is 5.57. The Balaban J connectivity index is 1.63. The molecule has 0 bridgehead atoms. The van der Waals surface area contributed by atoms with Gasteiger partial charge >= 0.3 is 0 Å². The molecule has 4 aromatic rings. The van der Waals surface area contributed by atoms with Crippen LogP contribution in [0.2, 0.25) is 0 Å². The second kappa shape index (κ2) is 6.57. The van der Waals surface area contributed by atoms with Crippen LogP contribution in [0.5, 0.6) is 0 Å². The fourth-order valence-electron chi connectivity index (χ4n) is 3.96. The van der Waals surface area contributed by atoms with Crippen LogP contribution in [0.4, 0.5) is 0 Å². The zero-order valence-electron chi connectivity index (χ0n) is 15.7. The van der Waals surface area contributed by atoms with E-state index < -0.39 is 30.6 Å². The summed E-state index contributed by atoms with van der Waals surface area (Å²) in [4.78, 5) is 13.2. The highest BCUT2D eigenvalue weighted by Gasteiger charge is 2.53. The van der Waals surface area contributed by atoms with Crippen LogP contribution in [0, 0.1) is 0 Å². The summed E-state index contributed by atoms with van der Waals surface area (Å²) < 4.78 is 7.28. The lowest BCUT2D eigenvalue weighted by Crippen LogP contribution is -2.44. The molecule has 0 radical (unpaired) electrons. The molecule has 0 spiro atoms. The van der Waals surface area contributed by atoms with Gasteiger partial charge in [-0.25, -0.2) is 15.0 Å². The maximum atomic E-state index is 10.8. The molecule has 8 heteroatoms. The van der Waals surface area contributed by atoms with Gasteiger partial charge in [0, 0.05) is 5.56 Å². The van der Waals surface area contributed by atoms with Crippen LogP contribution in [-0.4, -0.2) is 59.3 Å². The van der Waals surface area contributed by atoms with E-state index in [0.29, 0.717) is 16.9 Å². The summed E-state index contributed by atoms with van der Waals surface area (Å²) in [6, 6.07) is 14.1. The molecule has 148 valence electrons. The van der Waals surface area contributed by atoms with Gasteiger partial charge in [-0.1, -0.05) is 36.4 Å². The van der Waals surface area contributed by atoms with Crippen molar-refractivity contribution in [1.82, 2.24) is 19.5 Å². The van der Waals surface area contributed by atoms with Gasteiger partial charge in [0.25, 0.3) is 0 Å². The first kappa shape index (κ1) is 18.1. The summed E-state index contributed by atoms with van der Waals surface area (Å²) in [7, 11) is 0. The predicted molar refractivity (Wildman–Crippen MR) is 106 cm³/mol. The molecule has 4 atom stereocenters. The van der Waals surface area contributed by atoms with E-state index in [1.807, 2.05) is 42.5 Å². The van der Waals surface area contributed by atoms with Crippen molar-refractivity contribution in [3.8, 4) is 11.3 Å². The normalized spacial score (nSPS) is 27.1. The van der Waals surface area contributed by atoms with Gasteiger partial charge in [0.2, 0.25) is 0 Å². The standard InChI is InChI=1S/C21H20N4O4/c1-21(28)18(27)15(9-26)29-20(21)25-11-24-17-16(22-10-23-19(17)25)14-7-6-12-4-2-3-5-13(12)8-14/h2-8,10-11,15,18,20,26-28H,9H2,1H3/t15-,18-,20-,21-/m1/s1. The SMILES string of the molecule is C[C@@]1(O)[C@H](O)[C@@H](CO)O[C@H]1n1cnc2c(-c3ccc4ccccc4c3)ncnc21. The molecule has 0 amide bonds. The van der Waals surface area contributed by atoms with Crippen LogP contribution in [0.1, 0.15) is 13.2 Å². The summed E-state index contributed by atoms with van der Waals surface area (Å²) in [5.41, 5.74) is 0.975. The average Bonchev–Trinajstić information content (AvgIpc) is 3.26. The van der Waals surface area contributed by atoms with Crippen LogP contribution in [0.25, 0.3) is 33.2 Å². The highest BCUT2D eigenvalue weighted by atomic mass is 16.6. The van der Waals surface area contributed by atoms with E-state index in [9.17, 15) is 15.3 Å². The number of aliphatic hydroxyl groups is 3. The van der Waals surface area contributed by atoms with E-state index in [2.05, 4.69) is 15.0 Å². The van der Waals surface area contributed by atoms with Gasteiger partial charge in [0.15, 0.2) is 11.9 Å². The number of benzene rings is 2. The van der Waals surface area contributed by atoms with Gasteiger partial charge < -0.3 is 20.1 Å². The Bertz CT molecular complexity index is 1210. The second-order valence-corrected chi connectivity index (χ2v) is 7.49. The van der Waals surface area contributed by atoms with E-state index in [1.54, 1.807) is 4.57 Å². The van der Waals surface area contributed by atoms with E-state index in [0.717, 1.165) is 16.3 Å². The number of fused-ring (bicyclic) bond motifs is 2. The predicted octanol–water partition coefficient (Wildman–Crippen LogP) is 1.65. The van der Waals surface area contributed by atoms with E-state index >= 15 is 0 Å². The van der Waals surface area contributed by atoms with Crippen LogP contribution < -0.4 is 0 Å². The second-order valence-electron chi connectivity index (χ2n) is 7.49. The number of aromatic nitrogens is 4. The van der Waals surface area contributed by atoms with Crippen LogP contribution >= 0.6 is 0 Å². The molecular formula is C21H20N4O4. The van der Waals surface area contributed by atoms with Crippen molar-refractivity contribution in [3.05, 3.63) is 55.1 Å². The molecule has 2 aromatic carbocycles. The molecule has 3 N–H and O–H groups in total. The Morgan fingerprint density at radius 2 is 1.90 bits per heavy atom. The number of hydrogen-bond donors (Lipinski definition) is 3. The Morgan fingerprint density at radius 3 is 2.66 bits per heavy atom. The van der Waals surface area contributed by atoms with Gasteiger partial charge in [-0.3, -0.25) is 4.57 Å². The molecule has 8 nitrogen and oxygen atoms in total. The highest BCUT2D eigenvalue weighted by molar-refractivity contribution is 5.92. The number of rotatable bonds is 3. The Hall–Kier alpha value is -2.91. The monoisotopic (exact) mass is 392 g/mol. The zero-order chi connectivity index (χ0) is 20.2. The first-order valence-corrected chi connectivity index (χ1v) is 9.34. The quantitative estimate of drug-likeness (QED) is 0.486. The first-order valence-electron chi connectivity index (χ1n) is 9.34. The van der Waals surface area contributed by atoms with Crippen LogP contribution in [0.3, 0.4) is 0 Å². The minimum absolute atomic E-state index is 0.405. The lowest BCUT2D eigenvalue weighted by Gasteiger charge is -2.27. The molecule has 3 heterocycles. The Labute approximate surface area is 166 Å². The van der Waals surface area contributed by atoms with Crippen molar-refractivity contribution in [2.75, 3.05) is 6.61 Å². The van der Waals surface area contributed by atoms with Gasteiger partial charge in [-0.15, -0.1) is 0 Å².